The van der Waals surface area contributed by atoms with Crippen LogP contribution in [0.25, 0.3) is 0 Å². The first-order valence-corrected chi connectivity index (χ1v) is 6.57. The first-order chi connectivity index (χ1) is 9.16. The highest BCUT2D eigenvalue weighted by Gasteiger charge is 2.27. The first kappa shape index (κ1) is 13.6. The van der Waals surface area contributed by atoms with Crippen LogP contribution in [0.5, 0.6) is 0 Å². The Bertz CT molecular complexity index is 430. The lowest BCUT2D eigenvalue weighted by Gasteiger charge is -2.35. The number of amides is 1. The molecule has 2 heterocycles. The number of hydrogen-bond acceptors (Lipinski definition) is 4. The van der Waals surface area contributed by atoms with Gasteiger partial charge in [0.15, 0.2) is 0 Å². The van der Waals surface area contributed by atoms with Crippen LogP contribution in [-0.2, 0) is 16.0 Å². The monoisotopic (exact) mass is 266 g/mol. The molecule has 0 saturated carbocycles. The topological polar surface area (TPSA) is 83.6 Å². The van der Waals surface area contributed by atoms with Crippen molar-refractivity contribution in [3.8, 4) is 0 Å². The number of nitrogens with zero attached hydrogens (tertiary/aromatic N) is 2. The Hall–Kier alpha value is -1.85. The molecule has 6 heteroatoms. The van der Waals surface area contributed by atoms with E-state index < -0.39 is 5.97 Å². The molecule has 1 atom stereocenters. The van der Waals surface area contributed by atoms with E-state index in [-0.39, 0.29) is 24.8 Å². The summed E-state index contributed by atoms with van der Waals surface area (Å²) in [5, 5.41) is 12.5. The summed E-state index contributed by atoms with van der Waals surface area (Å²) in [7, 11) is 0. The maximum atomic E-state index is 12.2. The van der Waals surface area contributed by atoms with Gasteiger partial charge < -0.3 is 14.5 Å². The molecule has 1 amide bonds. The zero-order chi connectivity index (χ0) is 13.7. The SMILES string of the molecule is O=C(O)CCC1CCCCN1C(=O)Cc1ccon1. The van der Waals surface area contributed by atoms with E-state index in [1.807, 2.05) is 0 Å². The highest BCUT2D eigenvalue weighted by molar-refractivity contribution is 5.78. The zero-order valence-corrected chi connectivity index (χ0v) is 10.7. The van der Waals surface area contributed by atoms with Gasteiger partial charge in [-0.25, -0.2) is 0 Å². The molecule has 1 fully saturated rings. The number of carbonyl (C=O) groups is 2. The Morgan fingerprint density at radius 1 is 1.47 bits per heavy atom. The van der Waals surface area contributed by atoms with Crippen LogP contribution in [0.3, 0.4) is 0 Å². The van der Waals surface area contributed by atoms with Crippen LogP contribution in [0.2, 0.25) is 0 Å². The average molecular weight is 266 g/mol. The smallest absolute Gasteiger partial charge is 0.303 e. The molecule has 1 aromatic heterocycles. The van der Waals surface area contributed by atoms with Gasteiger partial charge in [-0.1, -0.05) is 5.16 Å². The van der Waals surface area contributed by atoms with Crippen molar-refractivity contribution in [1.82, 2.24) is 10.1 Å². The largest absolute Gasteiger partial charge is 0.481 e. The van der Waals surface area contributed by atoms with Crippen LogP contribution >= 0.6 is 0 Å². The average Bonchev–Trinajstić information content (AvgIpc) is 2.89. The molecule has 1 aromatic rings. The molecule has 2 rings (SSSR count). The van der Waals surface area contributed by atoms with Crippen molar-refractivity contribution in [3.05, 3.63) is 18.0 Å². The van der Waals surface area contributed by atoms with E-state index in [2.05, 4.69) is 5.16 Å². The highest BCUT2D eigenvalue weighted by Crippen LogP contribution is 2.21. The lowest BCUT2D eigenvalue weighted by atomic mass is 9.97. The van der Waals surface area contributed by atoms with Gasteiger partial charge in [-0.05, 0) is 25.7 Å². The van der Waals surface area contributed by atoms with Gasteiger partial charge in [-0.2, -0.15) is 0 Å². The second-order valence-corrected chi connectivity index (χ2v) is 4.84. The number of rotatable bonds is 5. The van der Waals surface area contributed by atoms with Crippen LogP contribution in [0, 0.1) is 0 Å². The molecule has 0 bridgehead atoms. The first-order valence-electron chi connectivity index (χ1n) is 6.57. The molecule has 1 N–H and O–H groups in total. The third-order valence-corrected chi connectivity index (χ3v) is 3.46. The molecule has 1 unspecified atom stereocenters. The molecule has 6 nitrogen and oxygen atoms in total. The molecule has 1 saturated heterocycles. The van der Waals surface area contributed by atoms with Crippen molar-refractivity contribution in [3.63, 3.8) is 0 Å². The summed E-state index contributed by atoms with van der Waals surface area (Å²) in [6.45, 7) is 0.709. The Morgan fingerprint density at radius 2 is 2.32 bits per heavy atom. The third kappa shape index (κ3) is 3.81. The minimum atomic E-state index is -0.811. The van der Waals surface area contributed by atoms with E-state index in [0.717, 1.165) is 19.3 Å². The second kappa shape index (κ2) is 6.36. The molecular weight excluding hydrogens is 248 g/mol. The van der Waals surface area contributed by atoms with E-state index in [1.54, 1.807) is 11.0 Å². The Kier molecular flexibility index (Phi) is 4.54. The van der Waals surface area contributed by atoms with Gasteiger partial charge in [-0.3, -0.25) is 9.59 Å². The minimum Gasteiger partial charge on any atom is -0.481 e. The van der Waals surface area contributed by atoms with Crippen LogP contribution in [0.4, 0.5) is 0 Å². The maximum absolute atomic E-state index is 12.2. The number of carboxylic acid groups (broad SMARTS) is 1. The predicted molar refractivity (Wildman–Crippen MR) is 66.4 cm³/mol. The molecule has 19 heavy (non-hydrogen) atoms. The summed E-state index contributed by atoms with van der Waals surface area (Å²) in [6, 6.07) is 1.72. The Morgan fingerprint density at radius 3 is 3.00 bits per heavy atom. The molecule has 104 valence electrons. The number of piperidine rings is 1. The number of carboxylic acids is 1. The van der Waals surface area contributed by atoms with E-state index in [9.17, 15) is 9.59 Å². The van der Waals surface area contributed by atoms with E-state index in [1.165, 1.54) is 6.26 Å². The van der Waals surface area contributed by atoms with Crippen molar-refractivity contribution in [2.24, 2.45) is 0 Å². The van der Waals surface area contributed by atoms with E-state index >= 15 is 0 Å². The van der Waals surface area contributed by atoms with Crippen molar-refractivity contribution in [2.75, 3.05) is 6.54 Å². The number of aliphatic carboxylic acids is 1. The van der Waals surface area contributed by atoms with Gasteiger partial charge in [0.25, 0.3) is 0 Å². The van der Waals surface area contributed by atoms with Gasteiger partial charge in [0.1, 0.15) is 6.26 Å². The minimum absolute atomic E-state index is 0.00369. The van der Waals surface area contributed by atoms with Crippen molar-refractivity contribution in [1.29, 1.82) is 0 Å². The van der Waals surface area contributed by atoms with Crippen molar-refractivity contribution < 1.29 is 19.2 Å². The maximum Gasteiger partial charge on any atom is 0.303 e. The fourth-order valence-corrected chi connectivity index (χ4v) is 2.50. The van der Waals surface area contributed by atoms with Crippen molar-refractivity contribution in [2.45, 2.75) is 44.6 Å². The number of likely N-dealkylation sites (tertiary alicyclic amines) is 1. The lowest BCUT2D eigenvalue weighted by molar-refractivity contribution is -0.139. The van der Waals surface area contributed by atoms with Gasteiger partial charge >= 0.3 is 5.97 Å². The van der Waals surface area contributed by atoms with Crippen LogP contribution in [-0.4, -0.2) is 39.6 Å². The van der Waals surface area contributed by atoms with Crippen LogP contribution in [0.1, 0.15) is 37.8 Å². The molecule has 1 aliphatic rings. The summed E-state index contributed by atoms with van der Waals surface area (Å²) < 4.78 is 4.71. The molecule has 0 radical (unpaired) electrons. The fraction of sp³-hybridized carbons (Fsp3) is 0.615. The highest BCUT2D eigenvalue weighted by atomic mass is 16.5. The summed E-state index contributed by atoms with van der Waals surface area (Å²) in [5.41, 5.74) is 0.618. The third-order valence-electron chi connectivity index (χ3n) is 3.46. The Balaban J connectivity index is 1.94. The summed E-state index contributed by atoms with van der Waals surface area (Å²) in [4.78, 5) is 24.7. The standard InChI is InChI=1S/C13H18N2O4/c16-12(9-10-6-8-19-14-10)15-7-2-1-3-11(15)4-5-13(17)18/h6,8,11H,1-5,7,9H2,(H,17,18). The van der Waals surface area contributed by atoms with E-state index in [4.69, 9.17) is 9.63 Å². The molecule has 0 aromatic carbocycles. The molecule has 0 spiro atoms. The normalized spacial score (nSPS) is 19.4. The number of carbonyl (C=O) groups excluding carboxylic acids is 1. The molecular formula is C13H18N2O4. The van der Waals surface area contributed by atoms with Gasteiger partial charge in [0.05, 0.1) is 12.1 Å². The fourth-order valence-electron chi connectivity index (χ4n) is 2.50. The lowest BCUT2D eigenvalue weighted by Crippen LogP contribution is -2.44. The predicted octanol–water partition coefficient (Wildman–Crippen LogP) is 1.46. The van der Waals surface area contributed by atoms with Gasteiger partial charge in [0, 0.05) is 25.1 Å². The van der Waals surface area contributed by atoms with Gasteiger partial charge in [0.2, 0.25) is 5.91 Å². The summed E-state index contributed by atoms with van der Waals surface area (Å²) in [6.07, 6.45) is 5.23. The molecule has 0 aliphatic carbocycles. The summed E-state index contributed by atoms with van der Waals surface area (Å²) in [5.74, 6) is -0.807. The van der Waals surface area contributed by atoms with Gasteiger partial charge in [-0.15, -0.1) is 0 Å². The molecule has 1 aliphatic heterocycles. The zero-order valence-electron chi connectivity index (χ0n) is 10.7. The summed E-state index contributed by atoms with van der Waals surface area (Å²) >= 11 is 0. The van der Waals surface area contributed by atoms with E-state index in [0.29, 0.717) is 18.7 Å². The van der Waals surface area contributed by atoms with Crippen LogP contribution < -0.4 is 0 Å². The quantitative estimate of drug-likeness (QED) is 0.872. The van der Waals surface area contributed by atoms with Crippen molar-refractivity contribution >= 4 is 11.9 Å². The second-order valence-electron chi connectivity index (χ2n) is 4.84. The van der Waals surface area contributed by atoms with Crippen LogP contribution in [0.15, 0.2) is 16.9 Å². The Labute approximate surface area is 111 Å². The number of aromatic nitrogens is 1. The number of hydrogen-bond donors (Lipinski definition) is 1.